The van der Waals surface area contributed by atoms with Crippen molar-refractivity contribution in [2.75, 3.05) is 0 Å². The summed E-state index contributed by atoms with van der Waals surface area (Å²) in [7, 11) is 0. The van der Waals surface area contributed by atoms with Crippen LogP contribution in [0.4, 0.5) is 0 Å². The number of halogens is 1. The third kappa shape index (κ3) is 3.40. The highest BCUT2D eigenvalue weighted by Crippen LogP contribution is 2.24. The van der Waals surface area contributed by atoms with Gasteiger partial charge in [0.2, 0.25) is 0 Å². The van der Waals surface area contributed by atoms with Crippen LogP contribution in [0.15, 0.2) is 61.6 Å². The minimum Gasteiger partial charge on any atom is -0.467 e. The molecule has 8 heteroatoms. The standard InChI is InChI=1S/C18H14ClN3O3S/c1-11-7-14(25-21-11)10-26-18-20-16-8-12(19)4-5-15(16)17(23)22(18)9-13-3-2-6-24-13/h2-8H,9-10H2,1H3. The van der Waals surface area contributed by atoms with E-state index in [-0.39, 0.29) is 5.56 Å². The Morgan fingerprint density at radius 1 is 1.23 bits per heavy atom. The van der Waals surface area contributed by atoms with Gasteiger partial charge in [-0.2, -0.15) is 0 Å². The minimum absolute atomic E-state index is 0.140. The van der Waals surface area contributed by atoms with Gasteiger partial charge in [0.1, 0.15) is 11.5 Å². The Morgan fingerprint density at radius 2 is 2.12 bits per heavy atom. The van der Waals surface area contributed by atoms with Crippen molar-refractivity contribution in [3.8, 4) is 0 Å². The average Bonchev–Trinajstić information content (AvgIpc) is 3.27. The second kappa shape index (κ2) is 7.01. The number of aryl methyl sites for hydroxylation is 1. The van der Waals surface area contributed by atoms with Crippen LogP contribution < -0.4 is 5.56 Å². The predicted molar refractivity (Wildman–Crippen MR) is 99.6 cm³/mol. The molecule has 0 unspecified atom stereocenters. The van der Waals surface area contributed by atoms with E-state index in [2.05, 4.69) is 10.1 Å². The van der Waals surface area contributed by atoms with Gasteiger partial charge in [-0.1, -0.05) is 28.5 Å². The van der Waals surface area contributed by atoms with Crippen molar-refractivity contribution in [3.05, 3.63) is 75.3 Å². The lowest BCUT2D eigenvalue weighted by Crippen LogP contribution is -2.23. The van der Waals surface area contributed by atoms with Gasteiger partial charge in [0, 0.05) is 11.1 Å². The summed E-state index contributed by atoms with van der Waals surface area (Å²) in [6.45, 7) is 2.16. The summed E-state index contributed by atoms with van der Waals surface area (Å²) < 4.78 is 12.2. The molecule has 0 atom stereocenters. The first-order valence-electron chi connectivity index (χ1n) is 7.87. The van der Waals surface area contributed by atoms with Gasteiger partial charge in [0.25, 0.3) is 5.56 Å². The lowest BCUT2D eigenvalue weighted by atomic mass is 10.2. The quantitative estimate of drug-likeness (QED) is 0.376. The van der Waals surface area contributed by atoms with Gasteiger partial charge in [-0.15, -0.1) is 0 Å². The molecule has 4 aromatic rings. The van der Waals surface area contributed by atoms with Crippen LogP contribution in [0.1, 0.15) is 17.2 Å². The summed E-state index contributed by atoms with van der Waals surface area (Å²) in [5.41, 5.74) is 1.24. The summed E-state index contributed by atoms with van der Waals surface area (Å²) in [5.74, 6) is 1.91. The largest absolute Gasteiger partial charge is 0.467 e. The fraction of sp³-hybridized carbons (Fsp3) is 0.167. The van der Waals surface area contributed by atoms with Gasteiger partial charge in [0.05, 0.1) is 35.2 Å². The van der Waals surface area contributed by atoms with Gasteiger partial charge in [-0.25, -0.2) is 4.98 Å². The van der Waals surface area contributed by atoms with E-state index >= 15 is 0 Å². The molecule has 0 spiro atoms. The lowest BCUT2D eigenvalue weighted by molar-refractivity contribution is 0.391. The second-order valence-electron chi connectivity index (χ2n) is 5.75. The van der Waals surface area contributed by atoms with E-state index in [0.29, 0.717) is 39.1 Å². The summed E-state index contributed by atoms with van der Waals surface area (Å²) in [6, 6.07) is 10.6. The molecule has 0 N–H and O–H groups in total. The zero-order valence-electron chi connectivity index (χ0n) is 13.8. The number of rotatable bonds is 5. The highest BCUT2D eigenvalue weighted by molar-refractivity contribution is 7.98. The molecule has 4 rings (SSSR count). The Hall–Kier alpha value is -2.51. The van der Waals surface area contributed by atoms with Crippen LogP contribution >= 0.6 is 23.4 Å². The first-order valence-corrected chi connectivity index (χ1v) is 9.24. The third-order valence-corrected chi connectivity index (χ3v) is 5.03. The topological polar surface area (TPSA) is 74.1 Å². The van der Waals surface area contributed by atoms with Crippen molar-refractivity contribution < 1.29 is 8.94 Å². The van der Waals surface area contributed by atoms with Crippen LogP contribution in [0, 0.1) is 6.92 Å². The van der Waals surface area contributed by atoms with E-state index in [1.165, 1.54) is 11.8 Å². The van der Waals surface area contributed by atoms with Gasteiger partial charge < -0.3 is 8.94 Å². The number of aromatic nitrogens is 3. The molecule has 0 aliphatic rings. The Labute approximate surface area is 157 Å². The molecule has 0 amide bonds. The predicted octanol–water partition coefficient (Wildman–Crippen LogP) is 4.28. The molecule has 132 valence electrons. The number of fused-ring (bicyclic) bond motifs is 1. The summed E-state index contributed by atoms with van der Waals surface area (Å²) in [5, 5.41) is 5.50. The maximum atomic E-state index is 13.0. The molecule has 1 aromatic carbocycles. The molecule has 3 heterocycles. The monoisotopic (exact) mass is 387 g/mol. The first kappa shape index (κ1) is 16.9. The molecule has 3 aromatic heterocycles. The maximum Gasteiger partial charge on any atom is 0.262 e. The molecule has 0 fully saturated rings. The summed E-state index contributed by atoms with van der Waals surface area (Å²) >= 11 is 7.46. The summed E-state index contributed by atoms with van der Waals surface area (Å²) in [6.07, 6.45) is 1.58. The number of hydrogen-bond acceptors (Lipinski definition) is 6. The average molecular weight is 388 g/mol. The fourth-order valence-corrected chi connectivity index (χ4v) is 3.64. The van der Waals surface area contributed by atoms with Gasteiger partial charge in [-0.05, 0) is 37.3 Å². The molecular formula is C18H14ClN3O3S. The van der Waals surface area contributed by atoms with Crippen molar-refractivity contribution in [1.29, 1.82) is 0 Å². The van der Waals surface area contributed by atoms with Crippen molar-refractivity contribution in [2.24, 2.45) is 0 Å². The van der Waals surface area contributed by atoms with Gasteiger partial charge in [-0.3, -0.25) is 9.36 Å². The number of benzene rings is 1. The Bertz CT molecular complexity index is 1120. The Balaban J connectivity index is 1.77. The molecule has 0 saturated carbocycles. The van der Waals surface area contributed by atoms with E-state index in [1.807, 2.05) is 19.1 Å². The van der Waals surface area contributed by atoms with Crippen LogP contribution in [0.25, 0.3) is 10.9 Å². The van der Waals surface area contributed by atoms with Crippen LogP contribution in [-0.4, -0.2) is 14.7 Å². The normalized spacial score (nSPS) is 11.3. The first-order chi connectivity index (χ1) is 12.6. The Morgan fingerprint density at radius 3 is 2.85 bits per heavy atom. The lowest BCUT2D eigenvalue weighted by Gasteiger charge is -2.11. The number of furan rings is 1. The number of nitrogens with zero attached hydrogens (tertiary/aromatic N) is 3. The number of hydrogen-bond donors (Lipinski definition) is 0. The second-order valence-corrected chi connectivity index (χ2v) is 7.13. The SMILES string of the molecule is Cc1cc(CSc2nc3cc(Cl)ccc3c(=O)n2Cc2ccco2)on1. The van der Waals surface area contributed by atoms with Gasteiger partial charge in [0.15, 0.2) is 5.16 Å². The molecule has 0 bridgehead atoms. The van der Waals surface area contributed by atoms with Gasteiger partial charge >= 0.3 is 0 Å². The molecule has 0 radical (unpaired) electrons. The van der Waals surface area contributed by atoms with E-state index in [1.54, 1.807) is 35.1 Å². The highest BCUT2D eigenvalue weighted by Gasteiger charge is 2.14. The fourth-order valence-electron chi connectivity index (χ4n) is 2.60. The smallest absolute Gasteiger partial charge is 0.262 e. The van der Waals surface area contributed by atoms with E-state index in [9.17, 15) is 4.79 Å². The molecule has 0 saturated heterocycles. The third-order valence-electron chi connectivity index (χ3n) is 3.80. The van der Waals surface area contributed by atoms with Crippen LogP contribution in [0.3, 0.4) is 0 Å². The van der Waals surface area contributed by atoms with Crippen molar-refractivity contribution in [1.82, 2.24) is 14.7 Å². The Kier molecular flexibility index (Phi) is 4.57. The molecule has 0 aliphatic heterocycles. The zero-order valence-corrected chi connectivity index (χ0v) is 15.4. The van der Waals surface area contributed by atoms with Crippen LogP contribution in [0.5, 0.6) is 0 Å². The maximum absolute atomic E-state index is 13.0. The zero-order chi connectivity index (χ0) is 18.1. The molecular weight excluding hydrogens is 374 g/mol. The van der Waals surface area contributed by atoms with Crippen molar-refractivity contribution >= 4 is 34.3 Å². The van der Waals surface area contributed by atoms with Crippen LogP contribution in [0.2, 0.25) is 5.02 Å². The van der Waals surface area contributed by atoms with E-state index in [4.69, 9.17) is 20.5 Å². The van der Waals surface area contributed by atoms with E-state index in [0.717, 1.165) is 11.5 Å². The highest BCUT2D eigenvalue weighted by atomic mass is 35.5. The summed E-state index contributed by atoms with van der Waals surface area (Å²) in [4.78, 5) is 17.6. The molecule has 0 aliphatic carbocycles. The molecule has 26 heavy (non-hydrogen) atoms. The van der Waals surface area contributed by atoms with Crippen molar-refractivity contribution in [3.63, 3.8) is 0 Å². The van der Waals surface area contributed by atoms with E-state index < -0.39 is 0 Å². The molecule has 6 nitrogen and oxygen atoms in total. The van der Waals surface area contributed by atoms with Crippen LogP contribution in [-0.2, 0) is 12.3 Å². The minimum atomic E-state index is -0.140. The number of thioether (sulfide) groups is 1. The van der Waals surface area contributed by atoms with Crippen molar-refractivity contribution in [2.45, 2.75) is 24.4 Å².